The number of nitrogens with two attached hydrogens (primary N) is 1. The first-order valence-corrected chi connectivity index (χ1v) is 7.00. The maximum Gasteiger partial charge on any atom is 0.281 e. The predicted molar refractivity (Wildman–Crippen MR) is 77.7 cm³/mol. The summed E-state index contributed by atoms with van der Waals surface area (Å²) in [6, 6.07) is 5.58. The summed E-state index contributed by atoms with van der Waals surface area (Å²) in [5.74, 6) is 1.09. The van der Waals surface area contributed by atoms with Crippen LogP contribution in [-0.2, 0) is 10.2 Å². The molecule has 2 rings (SSSR count). The molecule has 2 heterocycles. The lowest BCUT2D eigenvalue weighted by Crippen LogP contribution is -2.86. The van der Waals surface area contributed by atoms with E-state index in [1.807, 2.05) is 45.1 Å². The second-order valence-electron chi connectivity index (χ2n) is 6.12. The van der Waals surface area contributed by atoms with Gasteiger partial charge in [0.15, 0.2) is 12.3 Å². The van der Waals surface area contributed by atoms with Gasteiger partial charge in [0.1, 0.15) is 6.04 Å². The Morgan fingerprint density at radius 3 is 2.81 bits per heavy atom. The fourth-order valence-electron chi connectivity index (χ4n) is 1.83. The van der Waals surface area contributed by atoms with Gasteiger partial charge in [0.25, 0.3) is 5.91 Å². The van der Waals surface area contributed by atoms with Crippen LogP contribution in [-0.4, -0.2) is 17.6 Å². The lowest BCUT2D eigenvalue weighted by atomic mass is 9.92. The number of amides is 1. The third-order valence-corrected chi connectivity index (χ3v) is 3.19. The smallest absolute Gasteiger partial charge is 0.281 e. The Morgan fingerprint density at radius 1 is 1.48 bits per heavy atom. The van der Waals surface area contributed by atoms with E-state index in [4.69, 9.17) is 8.94 Å². The van der Waals surface area contributed by atoms with Crippen LogP contribution in [0, 0.1) is 0 Å². The van der Waals surface area contributed by atoms with Crippen LogP contribution in [0.25, 0.3) is 0 Å². The highest BCUT2D eigenvalue weighted by Gasteiger charge is 2.20. The summed E-state index contributed by atoms with van der Waals surface area (Å²) >= 11 is 0. The summed E-state index contributed by atoms with van der Waals surface area (Å²) < 4.78 is 10.4. The molecule has 2 aromatic rings. The Labute approximate surface area is 123 Å². The summed E-state index contributed by atoms with van der Waals surface area (Å²) in [7, 11) is 0. The number of nitrogens with zero attached hydrogens (tertiary/aromatic N) is 1. The molecule has 6 heteroatoms. The molecule has 0 aliphatic rings. The molecule has 1 amide bonds. The first kappa shape index (κ1) is 15.3. The van der Waals surface area contributed by atoms with E-state index in [0.29, 0.717) is 5.88 Å². The molecule has 0 spiro atoms. The number of carbonyl (C=O) groups is 1. The van der Waals surface area contributed by atoms with Crippen molar-refractivity contribution in [1.29, 1.82) is 0 Å². The van der Waals surface area contributed by atoms with Gasteiger partial charge < -0.3 is 14.3 Å². The van der Waals surface area contributed by atoms with E-state index < -0.39 is 0 Å². The minimum atomic E-state index is -0.134. The largest absolute Gasteiger partial charge is 0.463 e. The highest BCUT2D eigenvalue weighted by molar-refractivity contribution is 5.90. The molecule has 0 bridgehead atoms. The van der Waals surface area contributed by atoms with Gasteiger partial charge in [0.05, 0.1) is 12.0 Å². The number of nitrogens with one attached hydrogen (secondary N) is 1. The molecular formula is C15H22N3O3+. The molecule has 114 valence electrons. The topological polar surface area (TPSA) is 84.9 Å². The Morgan fingerprint density at radius 2 is 2.24 bits per heavy atom. The van der Waals surface area contributed by atoms with Crippen LogP contribution in [0.15, 0.2) is 33.4 Å². The summed E-state index contributed by atoms with van der Waals surface area (Å²) in [4.78, 5) is 11.9. The van der Waals surface area contributed by atoms with Crippen LogP contribution in [0.5, 0.6) is 0 Å². The Balaban J connectivity index is 1.83. The van der Waals surface area contributed by atoms with Crippen molar-refractivity contribution in [3.63, 3.8) is 0 Å². The minimum absolute atomic E-state index is 0.0885. The molecule has 0 aliphatic heterocycles. The number of furan rings is 1. The minimum Gasteiger partial charge on any atom is -0.463 e. The van der Waals surface area contributed by atoms with Crippen molar-refractivity contribution < 1.29 is 19.1 Å². The number of aromatic nitrogens is 1. The summed E-state index contributed by atoms with van der Waals surface area (Å²) in [6.45, 7) is 8.38. The van der Waals surface area contributed by atoms with Gasteiger partial charge in [0.2, 0.25) is 5.88 Å². The Hall–Kier alpha value is -2.08. The van der Waals surface area contributed by atoms with E-state index in [1.165, 1.54) is 0 Å². The molecule has 0 saturated heterocycles. The molecule has 0 aliphatic carbocycles. The van der Waals surface area contributed by atoms with Crippen molar-refractivity contribution in [2.24, 2.45) is 0 Å². The third kappa shape index (κ3) is 4.19. The fourth-order valence-corrected chi connectivity index (χ4v) is 1.83. The van der Waals surface area contributed by atoms with Crippen LogP contribution in [0.1, 0.15) is 45.2 Å². The van der Waals surface area contributed by atoms with Gasteiger partial charge in [-0.1, -0.05) is 25.9 Å². The second kappa shape index (κ2) is 6.13. The van der Waals surface area contributed by atoms with E-state index in [1.54, 1.807) is 12.3 Å². The zero-order chi connectivity index (χ0) is 15.5. The maximum atomic E-state index is 11.9. The van der Waals surface area contributed by atoms with Crippen LogP contribution in [0.3, 0.4) is 0 Å². The van der Waals surface area contributed by atoms with Crippen molar-refractivity contribution in [3.8, 4) is 0 Å². The molecule has 21 heavy (non-hydrogen) atoms. The zero-order valence-corrected chi connectivity index (χ0v) is 12.8. The normalized spacial score (nSPS) is 13.1. The van der Waals surface area contributed by atoms with E-state index in [0.717, 1.165) is 11.5 Å². The van der Waals surface area contributed by atoms with Gasteiger partial charge in [-0.25, -0.2) is 0 Å². The molecule has 0 aromatic carbocycles. The van der Waals surface area contributed by atoms with Crippen molar-refractivity contribution >= 4 is 11.8 Å². The standard InChI is InChI=1S/C15H21N3O3/c1-10(11-6-5-7-20-11)16-9-13(19)17-14-8-12(18-21-14)15(2,3)4/h5-8,10,16H,9H2,1-4H3,(H,17,19)/p+1/t10-/m0/s1. The Bertz CT molecular complexity index is 582. The number of anilines is 1. The monoisotopic (exact) mass is 292 g/mol. The molecule has 0 unspecified atom stereocenters. The lowest BCUT2D eigenvalue weighted by Gasteiger charge is -2.12. The van der Waals surface area contributed by atoms with Crippen LogP contribution < -0.4 is 10.6 Å². The molecule has 0 radical (unpaired) electrons. The lowest BCUT2D eigenvalue weighted by molar-refractivity contribution is -0.684. The number of rotatable bonds is 5. The molecule has 0 saturated carbocycles. The number of quaternary nitrogens is 1. The first-order valence-electron chi connectivity index (χ1n) is 7.00. The Kier molecular flexibility index (Phi) is 4.47. The molecule has 0 fully saturated rings. The van der Waals surface area contributed by atoms with Gasteiger partial charge in [-0.3, -0.25) is 10.1 Å². The fraction of sp³-hybridized carbons (Fsp3) is 0.467. The van der Waals surface area contributed by atoms with Crippen LogP contribution >= 0.6 is 0 Å². The van der Waals surface area contributed by atoms with E-state index in [-0.39, 0.29) is 23.9 Å². The van der Waals surface area contributed by atoms with Gasteiger partial charge >= 0.3 is 0 Å². The highest BCUT2D eigenvalue weighted by atomic mass is 16.5. The zero-order valence-electron chi connectivity index (χ0n) is 12.8. The molecule has 2 aromatic heterocycles. The van der Waals surface area contributed by atoms with Crippen molar-refractivity contribution in [2.45, 2.75) is 39.2 Å². The van der Waals surface area contributed by atoms with Gasteiger partial charge in [-0.2, -0.15) is 0 Å². The SMILES string of the molecule is C[C@H]([NH2+]CC(=O)Nc1cc(C(C)(C)C)no1)c1ccco1. The van der Waals surface area contributed by atoms with Crippen molar-refractivity contribution in [3.05, 3.63) is 35.9 Å². The average molecular weight is 292 g/mol. The van der Waals surface area contributed by atoms with E-state index in [9.17, 15) is 4.79 Å². The average Bonchev–Trinajstić information content (AvgIpc) is 3.05. The molecule has 1 atom stereocenters. The van der Waals surface area contributed by atoms with E-state index >= 15 is 0 Å². The predicted octanol–water partition coefficient (Wildman–Crippen LogP) is 1.83. The quantitative estimate of drug-likeness (QED) is 0.880. The first-order chi connectivity index (χ1) is 9.86. The molecule has 3 N–H and O–H groups in total. The second-order valence-corrected chi connectivity index (χ2v) is 6.12. The molecular weight excluding hydrogens is 270 g/mol. The van der Waals surface area contributed by atoms with Crippen molar-refractivity contribution in [1.82, 2.24) is 5.16 Å². The van der Waals surface area contributed by atoms with E-state index in [2.05, 4.69) is 10.5 Å². The van der Waals surface area contributed by atoms with Gasteiger partial charge in [-0.05, 0) is 19.1 Å². The maximum absolute atomic E-state index is 11.9. The number of hydrogen-bond donors (Lipinski definition) is 2. The summed E-state index contributed by atoms with van der Waals surface area (Å²) in [5.41, 5.74) is 0.706. The van der Waals surface area contributed by atoms with Gasteiger partial charge in [-0.15, -0.1) is 0 Å². The number of hydrogen-bond acceptors (Lipinski definition) is 4. The van der Waals surface area contributed by atoms with Gasteiger partial charge in [0, 0.05) is 11.5 Å². The third-order valence-electron chi connectivity index (χ3n) is 3.19. The molecule has 6 nitrogen and oxygen atoms in total. The number of carbonyl (C=O) groups excluding carboxylic acids is 1. The summed E-state index contributed by atoms with van der Waals surface area (Å²) in [5, 5.41) is 8.56. The summed E-state index contributed by atoms with van der Waals surface area (Å²) in [6.07, 6.45) is 1.63. The van der Waals surface area contributed by atoms with Crippen molar-refractivity contribution in [2.75, 3.05) is 11.9 Å². The van der Waals surface area contributed by atoms with Crippen LogP contribution in [0.2, 0.25) is 0 Å². The van der Waals surface area contributed by atoms with Crippen LogP contribution in [0.4, 0.5) is 5.88 Å². The highest BCUT2D eigenvalue weighted by Crippen LogP contribution is 2.23.